The van der Waals surface area contributed by atoms with Crippen LogP contribution in [0, 0.1) is 6.92 Å². The molecular formula is C13H18N4O. The van der Waals surface area contributed by atoms with E-state index in [-0.39, 0.29) is 6.10 Å². The van der Waals surface area contributed by atoms with Gasteiger partial charge in [0.2, 0.25) is 0 Å². The van der Waals surface area contributed by atoms with Crippen molar-refractivity contribution in [3.05, 3.63) is 42.0 Å². The number of nitrogens with zero attached hydrogens (tertiary/aromatic N) is 3. The summed E-state index contributed by atoms with van der Waals surface area (Å²) >= 11 is 0. The summed E-state index contributed by atoms with van der Waals surface area (Å²) in [6.45, 7) is 2.41. The van der Waals surface area contributed by atoms with E-state index >= 15 is 0 Å². The smallest absolute Gasteiger partial charge is 0.140 e. The molecule has 2 N–H and O–H groups in total. The highest BCUT2D eigenvalue weighted by molar-refractivity contribution is 5.33. The third-order valence-electron chi connectivity index (χ3n) is 2.91. The van der Waals surface area contributed by atoms with E-state index < -0.39 is 0 Å². The van der Waals surface area contributed by atoms with Gasteiger partial charge in [-0.2, -0.15) is 0 Å². The zero-order valence-electron chi connectivity index (χ0n) is 10.7. The van der Waals surface area contributed by atoms with E-state index in [0.29, 0.717) is 13.0 Å². The van der Waals surface area contributed by atoms with Crippen molar-refractivity contribution in [2.24, 2.45) is 5.73 Å². The van der Waals surface area contributed by atoms with Crippen molar-refractivity contribution >= 4 is 0 Å². The molecule has 1 atom stereocenters. The second-order valence-electron chi connectivity index (χ2n) is 4.13. The van der Waals surface area contributed by atoms with Crippen molar-refractivity contribution in [3.63, 3.8) is 0 Å². The van der Waals surface area contributed by atoms with Gasteiger partial charge in [0.1, 0.15) is 11.6 Å². The summed E-state index contributed by atoms with van der Waals surface area (Å²) in [7, 11) is 1.66. The van der Waals surface area contributed by atoms with Crippen LogP contribution in [0.4, 0.5) is 0 Å². The lowest BCUT2D eigenvalue weighted by molar-refractivity contribution is 0.108. The summed E-state index contributed by atoms with van der Waals surface area (Å²) in [5, 5.41) is 8.34. The number of hydrogen-bond donors (Lipinski definition) is 1. The van der Waals surface area contributed by atoms with Gasteiger partial charge in [-0.3, -0.25) is 4.57 Å². The lowest BCUT2D eigenvalue weighted by Gasteiger charge is -2.14. The highest BCUT2D eigenvalue weighted by Gasteiger charge is 2.15. The van der Waals surface area contributed by atoms with Crippen molar-refractivity contribution in [3.8, 4) is 5.69 Å². The monoisotopic (exact) mass is 246 g/mol. The maximum Gasteiger partial charge on any atom is 0.140 e. The third kappa shape index (κ3) is 2.57. The number of benzene rings is 1. The van der Waals surface area contributed by atoms with Crippen LogP contribution in [-0.4, -0.2) is 34.5 Å². The van der Waals surface area contributed by atoms with Gasteiger partial charge >= 0.3 is 0 Å². The third-order valence-corrected chi connectivity index (χ3v) is 2.91. The highest BCUT2D eigenvalue weighted by Crippen LogP contribution is 2.14. The average molecular weight is 246 g/mol. The maximum absolute atomic E-state index is 5.64. The molecular weight excluding hydrogens is 228 g/mol. The Balaban J connectivity index is 2.33. The number of ether oxygens (including phenoxy) is 1. The topological polar surface area (TPSA) is 66.0 Å². The molecule has 5 heteroatoms. The zero-order valence-corrected chi connectivity index (χ0v) is 10.7. The minimum atomic E-state index is -0.0314. The fraction of sp³-hybridized carbons (Fsp3) is 0.385. The van der Waals surface area contributed by atoms with Crippen LogP contribution in [0.25, 0.3) is 5.69 Å². The zero-order chi connectivity index (χ0) is 13.0. The fourth-order valence-corrected chi connectivity index (χ4v) is 1.92. The number of aromatic nitrogens is 3. The van der Waals surface area contributed by atoms with Crippen LogP contribution < -0.4 is 5.73 Å². The molecule has 96 valence electrons. The number of rotatable bonds is 5. The lowest BCUT2D eigenvalue weighted by Crippen LogP contribution is -2.26. The first-order valence-electron chi connectivity index (χ1n) is 5.95. The van der Waals surface area contributed by atoms with E-state index in [4.69, 9.17) is 10.5 Å². The van der Waals surface area contributed by atoms with E-state index in [2.05, 4.69) is 10.2 Å². The van der Waals surface area contributed by atoms with Crippen LogP contribution in [0.1, 0.15) is 11.6 Å². The Bertz CT molecular complexity index is 491. The SMILES string of the molecule is COC(CN)Cc1nnc(C)n1-c1ccccc1. The van der Waals surface area contributed by atoms with Crippen molar-refractivity contribution in [2.75, 3.05) is 13.7 Å². The summed E-state index contributed by atoms with van der Waals surface area (Å²) in [5.74, 6) is 1.74. The summed E-state index contributed by atoms with van der Waals surface area (Å²) < 4.78 is 7.33. The van der Waals surface area contributed by atoms with Gasteiger partial charge in [-0.25, -0.2) is 0 Å². The average Bonchev–Trinajstić information content (AvgIpc) is 2.78. The largest absolute Gasteiger partial charge is 0.380 e. The first-order valence-corrected chi connectivity index (χ1v) is 5.95. The summed E-state index contributed by atoms with van der Waals surface area (Å²) in [4.78, 5) is 0. The molecule has 2 rings (SSSR count). The van der Waals surface area contributed by atoms with E-state index in [1.807, 2.05) is 41.8 Å². The van der Waals surface area contributed by atoms with Crippen LogP contribution in [0.3, 0.4) is 0 Å². The Morgan fingerprint density at radius 3 is 2.61 bits per heavy atom. The molecule has 18 heavy (non-hydrogen) atoms. The molecule has 0 radical (unpaired) electrons. The molecule has 1 unspecified atom stereocenters. The quantitative estimate of drug-likeness (QED) is 0.857. The molecule has 0 saturated carbocycles. The van der Waals surface area contributed by atoms with Crippen LogP contribution in [0.2, 0.25) is 0 Å². The first kappa shape index (κ1) is 12.7. The van der Waals surface area contributed by atoms with E-state index in [9.17, 15) is 0 Å². The molecule has 2 aromatic rings. The number of nitrogens with two attached hydrogens (primary N) is 1. The van der Waals surface area contributed by atoms with Gasteiger partial charge in [0, 0.05) is 25.8 Å². The van der Waals surface area contributed by atoms with Gasteiger partial charge in [-0.1, -0.05) is 18.2 Å². The van der Waals surface area contributed by atoms with E-state index in [1.165, 1.54) is 0 Å². The minimum absolute atomic E-state index is 0.0314. The summed E-state index contributed by atoms with van der Waals surface area (Å²) in [6, 6.07) is 10.0. The standard InChI is InChI=1S/C13H18N4O/c1-10-15-16-13(8-12(9-14)18-2)17(10)11-6-4-3-5-7-11/h3-7,12H,8-9,14H2,1-2H3. The fourth-order valence-electron chi connectivity index (χ4n) is 1.92. The number of hydrogen-bond acceptors (Lipinski definition) is 4. The second-order valence-corrected chi connectivity index (χ2v) is 4.13. The minimum Gasteiger partial charge on any atom is -0.380 e. The normalized spacial score (nSPS) is 12.6. The molecule has 0 bridgehead atoms. The Morgan fingerprint density at radius 2 is 2.00 bits per heavy atom. The second kappa shape index (κ2) is 5.75. The Morgan fingerprint density at radius 1 is 1.28 bits per heavy atom. The van der Waals surface area contributed by atoms with Gasteiger partial charge in [-0.05, 0) is 19.1 Å². The Hall–Kier alpha value is -1.72. The van der Waals surface area contributed by atoms with Crippen LogP contribution in [0.5, 0.6) is 0 Å². The molecule has 0 aliphatic rings. The predicted octanol–water partition coefficient (Wildman–Crippen LogP) is 1.09. The van der Waals surface area contributed by atoms with Crippen molar-refractivity contribution in [2.45, 2.75) is 19.4 Å². The van der Waals surface area contributed by atoms with Crippen molar-refractivity contribution in [1.82, 2.24) is 14.8 Å². The molecule has 0 aliphatic carbocycles. The van der Waals surface area contributed by atoms with Crippen LogP contribution in [0.15, 0.2) is 30.3 Å². The van der Waals surface area contributed by atoms with Crippen LogP contribution in [-0.2, 0) is 11.2 Å². The summed E-state index contributed by atoms with van der Waals surface area (Å²) in [6.07, 6.45) is 0.624. The molecule has 0 spiro atoms. The molecule has 1 aromatic carbocycles. The van der Waals surface area contributed by atoms with Crippen molar-refractivity contribution < 1.29 is 4.74 Å². The van der Waals surface area contributed by atoms with Crippen LogP contribution >= 0.6 is 0 Å². The van der Waals surface area contributed by atoms with Gasteiger partial charge in [0.15, 0.2) is 0 Å². The number of para-hydroxylation sites is 1. The highest BCUT2D eigenvalue weighted by atomic mass is 16.5. The molecule has 0 fully saturated rings. The number of aryl methyl sites for hydroxylation is 1. The van der Waals surface area contributed by atoms with Gasteiger partial charge in [0.05, 0.1) is 6.10 Å². The van der Waals surface area contributed by atoms with Gasteiger partial charge < -0.3 is 10.5 Å². The van der Waals surface area contributed by atoms with Gasteiger partial charge in [-0.15, -0.1) is 10.2 Å². The number of methoxy groups -OCH3 is 1. The lowest BCUT2D eigenvalue weighted by atomic mass is 10.2. The molecule has 0 aliphatic heterocycles. The maximum atomic E-state index is 5.64. The Kier molecular flexibility index (Phi) is 4.07. The molecule has 1 aromatic heterocycles. The molecule has 0 saturated heterocycles. The predicted molar refractivity (Wildman–Crippen MR) is 69.7 cm³/mol. The summed E-state index contributed by atoms with van der Waals surface area (Å²) in [5.41, 5.74) is 6.70. The molecule has 1 heterocycles. The van der Waals surface area contributed by atoms with Gasteiger partial charge in [0.25, 0.3) is 0 Å². The van der Waals surface area contributed by atoms with Crippen molar-refractivity contribution in [1.29, 1.82) is 0 Å². The first-order chi connectivity index (χ1) is 8.76. The molecule has 0 amide bonds. The van der Waals surface area contributed by atoms with E-state index in [1.54, 1.807) is 7.11 Å². The molecule has 5 nitrogen and oxygen atoms in total. The van der Waals surface area contributed by atoms with E-state index in [0.717, 1.165) is 17.3 Å². The Labute approximate surface area is 107 Å².